The lowest BCUT2D eigenvalue weighted by atomic mass is 9.84. The zero-order valence-corrected chi connectivity index (χ0v) is 15.1. The average Bonchev–Trinajstić information content (AvgIpc) is 2.47. The first kappa shape index (κ1) is 19.1. The van der Waals surface area contributed by atoms with Crippen molar-refractivity contribution in [3.8, 4) is 0 Å². The van der Waals surface area contributed by atoms with Crippen molar-refractivity contribution >= 4 is 0 Å². The smallest absolute Gasteiger partial charge is 0.265 e. The first-order valence-corrected chi connectivity index (χ1v) is 9.28. The van der Waals surface area contributed by atoms with Crippen LogP contribution in [0.4, 0.5) is 8.78 Å². The number of halogens is 2. The first-order chi connectivity index (χ1) is 10.8. The van der Waals surface area contributed by atoms with Gasteiger partial charge in [-0.3, -0.25) is 4.90 Å². The number of nitrogens with two attached hydrogens (primary N) is 1. The lowest BCUT2D eigenvalue weighted by Gasteiger charge is -2.46. The van der Waals surface area contributed by atoms with Crippen molar-refractivity contribution in [3.63, 3.8) is 0 Å². The van der Waals surface area contributed by atoms with Crippen LogP contribution in [0.3, 0.4) is 0 Å². The standard InChI is InChI=1S/C18H34F2N2O/c1-5-15-10-14(9-13(4)22(15)12(2)3)11-23-16-7-6-8-18(19,20)17(16)21/h12-17H,5-11,21H2,1-4H3/t13-,14+,15+,16+,17-/m1/s1. The SMILES string of the molecule is CC[C@H]1C[C@@H](CO[C@H]2CCCC(F)(F)[C@@H]2N)C[C@@H](C)N1C(C)C. The highest BCUT2D eigenvalue weighted by atomic mass is 19.3. The maximum absolute atomic E-state index is 13.7. The summed E-state index contributed by atoms with van der Waals surface area (Å²) in [4.78, 5) is 2.59. The molecule has 2 N–H and O–H groups in total. The number of hydrogen-bond acceptors (Lipinski definition) is 3. The molecule has 0 radical (unpaired) electrons. The van der Waals surface area contributed by atoms with E-state index in [1.165, 1.54) is 0 Å². The molecule has 1 aliphatic carbocycles. The van der Waals surface area contributed by atoms with Crippen molar-refractivity contribution in [1.82, 2.24) is 4.90 Å². The van der Waals surface area contributed by atoms with E-state index < -0.39 is 18.1 Å². The van der Waals surface area contributed by atoms with Crippen molar-refractivity contribution in [3.05, 3.63) is 0 Å². The predicted molar refractivity (Wildman–Crippen MR) is 89.8 cm³/mol. The Labute approximate surface area is 139 Å². The highest BCUT2D eigenvalue weighted by Gasteiger charge is 2.45. The van der Waals surface area contributed by atoms with Crippen LogP contribution in [0.1, 0.15) is 66.2 Å². The van der Waals surface area contributed by atoms with E-state index in [4.69, 9.17) is 10.5 Å². The van der Waals surface area contributed by atoms with E-state index in [-0.39, 0.29) is 6.42 Å². The second kappa shape index (κ2) is 7.75. The Bertz CT molecular complexity index is 378. The second-order valence-corrected chi connectivity index (χ2v) is 7.84. The first-order valence-electron chi connectivity index (χ1n) is 9.28. The van der Waals surface area contributed by atoms with Gasteiger partial charge in [0.05, 0.1) is 12.1 Å². The number of nitrogens with zero attached hydrogens (tertiary/aromatic N) is 1. The molecular formula is C18H34F2N2O. The molecule has 1 saturated heterocycles. The van der Waals surface area contributed by atoms with Crippen molar-refractivity contribution < 1.29 is 13.5 Å². The fraction of sp³-hybridized carbons (Fsp3) is 1.00. The van der Waals surface area contributed by atoms with E-state index in [1.54, 1.807) is 0 Å². The molecule has 136 valence electrons. The van der Waals surface area contributed by atoms with Gasteiger partial charge in [-0.05, 0) is 58.8 Å². The Balaban J connectivity index is 1.89. The number of piperidine rings is 1. The average molecular weight is 332 g/mol. The Morgan fingerprint density at radius 1 is 1.30 bits per heavy atom. The van der Waals surface area contributed by atoms with Gasteiger partial charge in [0.2, 0.25) is 0 Å². The third kappa shape index (κ3) is 4.43. The van der Waals surface area contributed by atoms with Crippen molar-refractivity contribution in [2.75, 3.05) is 6.61 Å². The Kier molecular flexibility index (Phi) is 6.42. The zero-order valence-electron chi connectivity index (χ0n) is 15.1. The molecule has 0 aromatic heterocycles. The summed E-state index contributed by atoms with van der Waals surface area (Å²) in [6.07, 6.45) is 3.87. The van der Waals surface area contributed by atoms with Gasteiger partial charge in [0.15, 0.2) is 0 Å². The molecule has 1 heterocycles. The summed E-state index contributed by atoms with van der Waals surface area (Å²) in [5.41, 5.74) is 5.73. The highest BCUT2D eigenvalue weighted by Crippen LogP contribution is 2.35. The van der Waals surface area contributed by atoms with Crippen LogP contribution in [0.25, 0.3) is 0 Å². The van der Waals surface area contributed by atoms with E-state index in [9.17, 15) is 8.78 Å². The summed E-state index contributed by atoms with van der Waals surface area (Å²) in [5.74, 6) is -2.32. The van der Waals surface area contributed by atoms with Crippen LogP contribution >= 0.6 is 0 Å². The van der Waals surface area contributed by atoms with Crippen LogP contribution in [-0.4, -0.2) is 47.7 Å². The molecule has 3 nitrogen and oxygen atoms in total. The molecular weight excluding hydrogens is 298 g/mol. The maximum Gasteiger partial charge on any atom is 0.265 e. The summed E-state index contributed by atoms with van der Waals surface area (Å²) >= 11 is 0. The van der Waals surface area contributed by atoms with Crippen LogP contribution < -0.4 is 5.73 Å². The molecule has 0 aromatic carbocycles. The van der Waals surface area contributed by atoms with E-state index >= 15 is 0 Å². The van der Waals surface area contributed by atoms with Gasteiger partial charge in [0.1, 0.15) is 0 Å². The van der Waals surface area contributed by atoms with E-state index in [1.807, 2.05) is 0 Å². The van der Waals surface area contributed by atoms with Gasteiger partial charge >= 0.3 is 0 Å². The molecule has 1 saturated carbocycles. The minimum Gasteiger partial charge on any atom is -0.376 e. The molecule has 0 aromatic rings. The number of likely N-dealkylation sites (tertiary alicyclic amines) is 1. The maximum atomic E-state index is 13.7. The van der Waals surface area contributed by atoms with Gasteiger partial charge < -0.3 is 10.5 Å². The molecule has 5 heteroatoms. The minimum atomic E-state index is -2.77. The van der Waals surface area contributed by atoms with Gasteiger partial charge in [-0.2, -0.15) is 0 Å². The molecule has 2 aliphatic rings. The van der Waals surface area contributed by atoms with Gasteiger partial charge in [-0.1, -0.05) is 6.92 Å². The third-order valence-electron chi connectivity index (χ3n) is 5.71. The molecule has 5 atom stereocenters. The van der Waals surface area contributed by atoms with Crippen LogP contribution in [0.15, 0.2) is 0 Å². The van der Waals surface area contributed by atoms with Gasteiger partial charge in [0, 0.05) is 31.2 Å². The summed E-state index contributed by atoms with van der Waals surface area (Å²) < 4.78 is 33.3. The highest BCUT2D eigenvalue weighted by molar-refractivity contribution is 4.93. The van der Waals surface area contributed by atoms with Crippen LogP contribution in [0, 0.1) is 5.92 Å². The second-order valence-electron chi connectivity index (χ2n) is 7.84. The molecule has 2 fully saturated rings. The van der Waals surface area contributed by atoms with Crippen molar-refractivity contribution in [2.24, 2.45) is 11.7 Å². The topological polar surface area (TPSA) is 38.5 Å². The largest absolute Gasteiger partial charge is 0.376 e. The number of ether oxygens (including phenoxy) is 1. The Morgan fingerprint density at radius 2 is 2.00 bits per heavy atom. The molecule has 2 rings (SSSR count). The monoisotopic (exact) mass is 332 g/mol. The van der Waals surface area contributed by atoms with Gasteiger partial charge in [-0.25, -0.2) is 8.78 Å². The lowest BCUT2D eigenvalue weighted by Crippen LogP contribution is -2.54. The molecule has 0 unspecified atom stereocenters. The van der Waals surface area contributed by atoms with E-state index in [2.05, 4.69) is 32.6 Å². The third-order valence-corrected chi connectivity index (χ3v) is 5.71. The molecule has 0 spiro atoms. The van der Waals surface area contributed by atoms with Crippen molar-refractivity contribution in [2.45, 2.75) is 102 Å². The fourth-order valence-electron chi connectivity index (χ4n) is 4.61. The number of hydrogen-bond donors (Lipinski definition) is 1. The Hall–Kier alpha value is -0.260. The summed E-state index contributed by atoms with van der Waals surface area (Å²) in [6.45, 7) is 9.57. The molecule has 1 aliphatic heterocycles. The summed E-state index contributed by atoms with van der Waals surface area (Å²) in [7, 11) is 0. The summed E-state index contributed by atoms with van der Waals surface area (Å²) in [6, 6.07) is 0.478. The van der Waals surface area contributed by atoms with E-state index in [0.717, 1.165) is 19.3 Å². The lowest BCUT2D eigenvalue weighted by molar-refractivity contribution is -0.124. The molecule has 0 bridgehead atoms. The van der Waals surface area contributed by atoms with Crippen LogP contribution in [0.2, 0.25) is 0 Å². The Morgan fingerprint density at radius 3 is 2.61 bits per heavy atom. The minimum absolute atomic E-state index is 0.101. The van der Waals surface area contributed by atoms with Crippen LogP contribution in [-0.2, 0) is 4.74 Å². The number of rotatable bonds is 5. The van der Waals surface area contributed by atoms with E-state index in [0.29, 0.717) is 43.5 Å². The van der Waals surface area contributed by atoms with Gasteiger partial charge in [0.25, 0.3) is 5.92 Å². The summed E-state index contributed by atoms with van der Waals surface area (Å²) in [5, 5.41) is 0. The van der Waals surface area contributed by atoms with Crippen molar-refractivity contribution in [1.29, 1.82) is 0 Å². The zero-order chi connectivity index (χ0) is 17.2. The number of alkyl halides is 2. The molecule has 0 amide bonds. The predicted octanol–water partition coefficient (Wildman–Crippen LogP) is 3.81. The van der Waals surface area contributed by atoms with Gasteiger partial charge in [-0.15, -0.1) is 0 Å². The quantitative estimate of drug-likeness (QED) is 0.832. The molecule has 23 heavy (non-hydrogen) atoms. The normalized spacial score (nSPS) is 38.9. The fourth-order valence-corrected chi connectivity index (χ4v) is 4.61. The van der Waals surface area contributed by atoms with Crippen LogP contribution in [0.5, 0.6) is 0 Å².